The number of nitrogens with zero attached hydrogens (tertiary/aromatic N) is 1. The van der Waals surface area contributed by atoms with E-state index < -0.39 is 0 Å². The van der Waals surface area contributed by atoms with E-state index in [1.807, 2.05) is 0 Å². The van der Waals surface area contributed by atoms with Gasteiger partial charge in [0.2, 0.25) is 0 Å². The molecule has 0 radical (unpaired) electrons. The van der Waals surface area contributed by atoms with E-state index in [-0.39, 0.29) is 0 Å². The Labute approximate surface area is 82.7 Å². The van der Waals surface area contributed by atoms with E-state index in [1.165, 1.54) is 51.7 Å². The maximum Gasteiger partial charge on any atom is 0.00619 e. The lowest BCUT2D eigenvalue weighted by molar-refractivity contribution is 0.319. The second kappa shape index (κ2) is 6.39. The normalized spacial score (nSPS) is 20.8. The summed E-state index contributed by atoms with van der Waals surface area (Å²) in [5, 5.41) is 3.36. The van der Waals surface area contributed by atoms with Gasteiger partial charge >= 0.3 is 0 Å². The molecule has 1 aliphatic heterocycles. The van der Waals surface area contributed by atoms with Gasteiger partial charge in [0.05, 0.1) is 0 Å². The zero-order chi connectivity index (χ0) is 9.52. The molecule has 2 nitrogen and oxygen atoms in total. The Kier molecular flexibility index (Phi) is 5.40. The van der Waals surface area contributed by atoms with Crippen LogP contribution in [-0.4, -0.2) is 37.6 Å². The second-order valence-electron chi connectivity index (χ2n) is 4.08. The van der Waals surface area contributed by atoms with Crippen molar-refractivity contribution in [3.05, 3.63) is 0 Å². The summed E-state index contributed by atoms with van der Waals surface area (Å²) in [5.41, 5.74) is 0. The van der Waals surface area contributed by atoms with Crippen LogP contribution in [-0.2, 0) is 0 Å². The van der Waals surface area contributed by atoms with Gasteiger partial charge in [-0.05, 0) is 58.8 Å². The third-order valence-corrected chi connectivity index (χ3v) is 3.13. The van der Waals surface area contributed by atoms with Gasteiger partial charge in [0.1, 0.15) is 0 Å². The number of hydrogen-bond donors (Lipinski definition) is 1. The zero-order valence-electron chi connectivity index (χ0n) is 9.18. The molecular formula is C11H24N2. The highest BCUT2D eigenvalue weighted by Gasteiger charge is 2.11. The van der Waals surface area contributed by atoms with E-state index in [2.05, 4.69) is 24.2 Å². The van der Waals surface area contributed by atoms with Crippen molar-refractivity contribution in [1.82, 2.24) is 10.2 Å². The molecule has 0 bridgehead atoms. The molecule has 0 spiro atoms. The Balaban J connectivity index is 1.98. The molecule has 78 valence electrons. The molecule has 0 aliphatic carbocycles. The van der Waals surface area contributed by atoms with Crippen molar-refractivity contribution in [3.8, 4) is 0 Å². The van der Waals surface area contributed by atoms with E-state index in [0.717, 1.165) is 6.04 Å². The topological polar surface area (TPSA) is 15.3 Å². The fraction of sp³-hybridized carbons (Fsp3) is 1.00. The maximum absolute atomic E-state index is 3.36. The predicted molar refractivity (Wildman–Crippen MR) is 58.0 cm³/mol. The molecular weight excluding hydrogens is 160 g/mol. The lowest BCUT2D eigenvalue weighted by Crippen LogP contribution is -2.27. The van der Waals surface area contributed by atoms with Gasteiger partial charge in [0.15, 0.2) is 0 Å². The molecule has 1 fully saturated rings. The summed E-state index contributed by atoms with van der Waals surface area (Å²) in [4.78, 5) is 2.60. The quantitative estimate of drug-likeness (QED) is 0.678. The number of hydrogen-bond acceptors (Lipinski definition) is 2. The van der Waals surface area contributed by atoms with E-state index in [0.29, 0.717) is 0 Å². The maximum atomic E-state index is 3.36. The fourth-order valence-electron chi connectivity index (χ4n) is 2.12. The summed E-state index contributed by atoms with van der Waals surface area (Å²) in [6, 6.07) is 0.739. The third kappa shape index (κ3) is 4.10. The van der Waals surface area contributed by atoms with Crippen LogP contribution in [0.1, 0.15) is 39.0 Å². The zero-order valence-corrected chi connectivity index (χ0v) is 9.18. The van der Waals surface area contributed by atoms with Crippen molar-refractivity contribution < 1.29 is 0 Å². The monoisotopic (exact) mass is 184 g/mol. The average Bonchev–Trinajstić information content (AvgIpc) is 2.65. The van der Waals surface area contributed by atoms with Gasteiger partial charge in [0, 0.05) is 6.04 Å². The number of nitrogens with one attached hydrogen (secondary N) is 1. The van der Waals surface area contributed by atoms with Crippen molar-refractivity contribution in [2.24, 2.45) is 0 Å². The van der Waals surface area contributed by atoms with E-state index >= 15 is 0 Å². The van der Waals surface area contributed by atoms with E-state index in [9.17, 15) is 0 Å². The van der Waals surface area contributed by atoms with Gasteiger partial charge in [-0.25, -0.2) is 0 Å². The largest absolute Gasteiger partial charge is 0.317 e. The van der Waals surface area contributed by atoms with Gasteiger partial charge in [-0.2, -0.15) is 0 Å². The highest BCUT2D eigenvalue weighted by molar-refractivity contribution is 4.68. The molecule has 1 saturated heterocycles. The second-order valence-corrected chi connectivity index (χ2v) is 4.08. The first-order valence-corrected chi connectivity index (χ1v) is 5.76. The van der Waals surface area contributed by atoms with Crippen LogP contribution in [0.2, 0.25) is 0 Å². The molecule has 2 heteroatoms. The Morgan fingerprint density at radius 3 is 2.54 bits per heavy atom. The average molecular weight is 184 g/mol. The van der Waals surface area contributed by atoms with Crippen molar-refractivity contribution in [3.63, 3.8) is 0 Å². The molecule has 1 atom stereocenters. The van der Waals surface area contributed by atoms with Gasteiger partial charge in [-0.1, -0.05) is 6.92 Å². The molecule has 13 heavy (non-hydrogen) atoms. The summed E-state index contributed by atoms with van der Waals surface area (Å²) >= 11 is 0. The molecule has 1 aliphatic rings. The number of rotatable bonds is 6. The predicted octanol–water partition coefficient (Wildman–Crippen LogP) is 1.86. The first-order chi connectivity index (χ1) is 6.36. The van der Waals surface area contributed by atoms with Crippen LogP contribution in [0.4, 0.5) is 0 Å². The Morgan fingerprint density at radius 2 is 2.00 bits per heavy atom. The van der Waals surface area contributed by atoms with Crippen LogP contribution in [0.3, 0.4) is 0 Å². The third-order valence-electron chi connectivity index (χ3n) is 3.13. The summed E-state index contributed by atoms with van der Waals surface area (Å²) in [6.07, 6.45) is 6.80. The summed E-state index contributed by atoms with van der Waals surface area (Å²) < 4.78 is 0. The minimum absolute atomic E-state index is 0.739. The first-order valence-electron chi connectivity index (χ1n) is 5.76. The molecule has 1 rings (SSSR count). The van der Waals surface area contributed by atoms with E-state index in [4.69, 9.17) is 0 Å². The molecule has 1 unspecified atom stereocenters. The van der Waals surface area contributed by atoms with Gasteiger partial charge in [0.25, 0.3) is 0 Å². The Morgan fingerprint density at radius 1 is 1.31 bits per heavy atom. The SMILES string of the molecule is CCC(CCCN1CCCC1)NC. The van der Waals surface area contributed by atoms with Crippen molar-refractivity contribution >= 4 is 0 Å². The van der Waals surface area contributed by atoms with Crippen LogP contribution < -0.4 is 5.32 Å². The van der Waals surface area contributed by atoms with E-state index in [1.54, 1.807) is 0 Å². The summed E-state index contributed by atoms with van der Waals surface area (Å²) in [6.45, 7) is 6.27. The minimum Gasteiger partial charge on any atom is -0.317 e. The van der Waals surface area contributed by atoms with Crippen LogP contribution in [0.15, 0.2) is 0 Å². The van der Waals surface area contributed by atoms with Crippen LogP contribution in [0, 0.1) is 0 Å². The minimum atomic E-state index is 0.739. The van der Waals surface area contributed by atoms with Crippen molar-refractivity contribution in [1.29, 1.82) is 0 Å². The molecule has 0 saturated carbocycles. The standard InChI is InChI=1S/C11H24N2/c1-3-11(12-2)7-6-10-13-8-4-5-9-13/h11-12H,3-10H2,1-2H3. The molecule has 0 aromatic rings. The molecule has 1 N–H and O–H groups in total. The lowest BCUT2D eigenvalue weighted by atomic mass is 10.1. The number of likely N-dealkylation sites (tertiary alicyclic amines) is 1. The Hall–Kier alpha value is -0.0800. The Bertz CT molecular complexity index is 113. The van der Waals surface area contributed by atoms with Crippen molar-refractivity contribution in [2.75, 3.05) is 26.7 Å². The molecule has 0 amide bonds. The molecule has 0 aromatic heterocycles. The summed E-state index contributed by atoms with van der Waals surface area (Å²) in [7, 11) is 2.07. The van der Waals surface area contributed by atoms with Gasteiger partial charge < -0.3 is 10.2 Å². The van der Waals surface area contributed by atoms with Crippen molar-refractivity contribution in [2.45, 2.75) is 45.1 Å². The van der Waals surface area contributed by atoms with Gasteiger partial charge in [-0.3, -0.25) is 0 Å². The van der Waals surface area contributed by atoms with Crippen LogP contribution in [0.5, 0.6) is 0 Å². The molecule has 0 aromatic carbocycles. The first kappa shape index (κ1) is 11.0. The smallest absolute Gasteiger partial charge is 0.00619 e. The highest BCUT2D eigenvalue weighted by atomic mass is 15.1. The lowest BCUT2D eigenvalue weighted by Gasteiger charge is -2.17. The van der Waals surface area contributed by atoms with Crippen LogP contribution >= 0.6 is 0 Å². The van der Waals surface area contributed by atoms with Gasteiger partial charge in [-0.15, -0.1) is 0 Å². The fourth-order valence-corrected chi connectivity index (χ4v) is 2.12. The van der Waals surface area contributed by atoms with Crippen LogP contribution in [0.25, 0.3) is 0 Å². The molecule has 1 heterocycles. The summed E-state index contributed by atoms with van der Waals surface area (Å²) in [5.74, 6) is 0. The highest BCUT2D eigenvalue weighted by Crippen LogP contribution is 2.09.